The van der Waals surface area contributed by atoms with Crippen LogP contribution in [0, 0.1) is 5.92 Å². The molecule has 0 aliphatic heterocycles. The van der Waals surface area contributed by atoms with E-state index in [4.69, 9.17) is 0 Å². The Hall–Kier alpha value is -0.820. The minimum atomic E-state index is -0.141. The van der Waals surface area contributed by atoms with Crippen LogP contribution in [0.3, 0.4) is 0 Å². The smallest absolute Gasteiger partial charge is 0.0608 e. The van der Waals surface area contributed by atoms with Crippen molar-refractivity contribution >= 4 is 0 Å². The van der Waals surface area contributed by atoms with Gasteiger partial charge < -0.3 is 5.11 Å². The van der Waals surface area contributed by atoms with Gasteiger partial charge in [0.1, 0.15) is 0 Å². The fourth-order valence-corrected chi connectivity index (χ4v) is 2.55. The predicted molar refractivity (Wildman–Crippen MR) is 62.8 cm³/mol. The first kappa shape index (κ1) is 10.7. The highest BCUT2D eigenvalue weighted by atomic mass is 16.3. The Morgan fingerprint density at radius 1 is 1.00 bits per heavy atom. The average molecular weight is 204 g/mol. The fraction of sp³-hybridized carbons (Fsp3) is 0.571. The van der Waals surface area contributed by atoms with Crippen LogP contribution in [-0.2, 0) is 0 Å². The summed E-state index contributed by atoms with van der Waals surface area (Å²) < 4.78 is 0. The third-order valence-electron chi connectivity index (χ3n) is 3.62. The van der Waals surface area contributed by atoms with Crippen LogP contribution in [0.1, 0.15) is 44.1 Å². The van der Waals surface area contributed by atoms with Crippen LogP contribution in [0.5, 0.6) is 0 Å². The lowest BCUT2D eigenvalue weighted by molar-refractivity contribution is 0.134. The van der Waals surface area contributed by atoms with E-state index >= 15 is 0 Å². The van der Waals surface area contributed by atoms with E-state index in [1.54, 1.807) is 0 Å². The van der Waals surface area contributed by atoms with Gasteiger partial charge in [-0.2, -0.15) is 0 Å². The second-order valence-electron chi connectivity index (χ2n) is 4.84. The molecular weight excluding hydrogens is 184 g/mol. The Bertz CT molecular complexity index is 293. The van der Waals surface area contributed by atoms with Crippen molar-refractivity contribution in [2.24, 2.45) is 5.92 Å². The molecule has 3 atom stereocenters. The van der Waals surface area contributed by atoms with Crippen LogP contribution in [0.4, 0.5) is 0 Å². The highest BCUT2D eigenvalue weighted by Crippen LogP contribution is 2.33. The Balaban J connectivity index is 2.13. The first-order valence-corrected chi connectivity index (χ1v) is 6.00. The molecule has 1 saturated carbocycles. The average Bonchev–Trinajstić information content (AvgIpc) is 2.43. The molecule has 1 nitrogen and oxygen atoms in total. The molecule has 3 unspecified atom stereocenters. The van der Waals surface area contributed by atoms with E-state index in [-0.39, 0.29) is 6.10 Å². The first-order valence-electron chi connectivity index (χ1n) is 6.00. The normalized spacial score (nSPS) is 32.3. The molecule has 82 valence electrons. The summed E-state index contributed by atoms with van der Waals surface area (Å²) in [6.45, 7) is 2.29. The van der Waals surface area contributed by atoms with Gasteiger partial charge in [-0.1, -0.05) is 43.7 Å². The van der Waals surface area contributed by atoms with Gasteiger partial charge in [0.25, 0.3) is 0 Å². The van der Waals surface area contributed by atoms with Crippen molar-refractivity contribution in [1.82, 2.24) is 0 Å². The molecule has 0 radical (unpaired) electrons. The van der Waals surface area contributed by atoms with Crippen molar-refractivity contribution < 1.29 is 5.11 Å². The van der Waals surface area contributed by atoms with E-state index < -0.39 is 0 Å². The molecule has 0 amide bonds. The Morgan fingerprint density at radius 3 is 2.40 bits per heavy atom. The minimum absolute atomic E-state index is 0.141. The highest BCUT2D eigenvalue weighted by molar-refractivity contribution is 5.20. The monoisotopic (exact) mass is 204 g/mol. The zero-order valence-electron chi connectivity index (χ0n) is 9.39. The molecule has 1 heteroatoms. The van der Waals surface area contributed by atoms with E-state index in [1.165, 1.54) is 18.4 Å². The number of hydrogen-bond acceptors (Lipinski definition) is 1. The quantitative estimate of drug-likeness (QED) is 0.696. The van der Waals surface area contributed by atoms with E-state index in [0.717, 1.165) is 18.8 Å². The summed E-state index contributed by atoms with van der Waals surface area (Å²) in [5.41, 5.74) is 1.30. The van der Waals surface area contributed by atoms with Crippen molar-refractivity contribution in [2.45, 2.75) is 44.6 Å². The van der Waals surface area contributed by atoms with Crippen LogP contribution in [0.25, 0.3) is 0 Å². The minimum Gasteiger partial charge on any atom is -0.392 e. The molecule has 0 aromatic heterocycles. The maximum absolute atomic E-state index is 10.1. The molecule has 1 aromatic carbocycles. The SMILES string of the molecule is CC1CCC(O)C(c2ccccc2)CC1. The van der Waals surface area contributed by atoms with E-state index in [9.17, 15) is 5.11 Å². The lowest BCUT2D eigenvalue weighted by Crippen LogP contribution is -2.16. The van der Waals surface area contributed by atoms with Crippen molar-refractivity contribution in [1.29, 1.82) is 0 Å². The third-order valence-corrected chi connectivity index (χ3v) is 3.62. The summed E-state index contributed by atoms with van der Waals surface area (Å²) in [6.07, 6.45) is 4.37. The molecule has 0 saturated heterocycles. The van der Waals surface area contributed by atoms with Gasteiger partial charge in [-0.3, -0.25) is 0 Å². The molecule has 0 heterocycles. The van der Waals surface area contributed by atoms with Crippen LogP contribution < -0.4 is 0 Å². The van der Waals surface area contributed by atoms with Crippen molar-refractivity contribution in [3.8, 4) is 0 Å². The van der Waals surface area contributed by atoms with Crippen LogP contribution in [-0.4, -0.2) is 11.2 Å². The number of aliphatic hydroxyl groups is 1. The van der Waals surface area contributed by atoms with Crippen molar-refractivity contribution in [2.75, 3.05) is 0 Å². The molecule has 15 heavy (non-hydrogen) atoms. The Labute approximate surface area is 92.1 Å². The van der Waals surface area contributed by atoms with Crippen molar-refractivity contribution in [3.05, 3.63) is 35.9 Å². The number of aliphatic hydroxyl groups excluding tert-OH is 1. The standard InChI is InChI=1S/C14H20O/c1-11-7-9-13(14(15)10-8-11)12-5-3-2-4-6-12/h2-6,11,13-15H,7-10H2,1H3. The molecule has 0 bridgehead atoms. The molecule has 1 N–H and O–H groups in total. The highest BCUT2D eigenvalue weighted by Gasteiger charge is 2.25. The van der Waals surface area contributed by atoms with Gasteiger partial charge in [-0.25, -0.2) is 0 Å². The van der Waals surface area contributed by atoms with Crippen molar-refractivity contribution in [3.63, 3.8) is 0 Å². The maximum Gasteiger partial charge on any atom is 0.0608 e. The summed E-state index contributed by atoms with van der Waals surface area (Å²) in [5.74, 6) is 1.13. The lowest BCUT2D eigenvalue weighted by Gasteiger charge is -2.20. The van der Waals surface area contributed by atoms with Gasteiger partial charge in [-0.15, -0.1) is 0 Å². The van der Waals surface area contributed by atoms with Gasteiger partial charge >= 0.3 is 0 Å². The molecule has 2 rings (SSSR count). The topological polar surface area (TPSA) is 20.2 Å². The van der Waals surface area contributed by atoms with Gasteiger partial charge in [0, 0.05) is 5.92 Å². The second-order valence-corrected chi connectivity index (χ2v) is 4.84. The molecule has 1 aliphatic rings. The fourth-order valence-electron chi connectivity index (χ4n) is 2.55. The zero-order chi connectivity index (χ0) is 10.7. The summed E-state index contributed by atoms with van der Waals surface area (Å²) >= 11 is 0. The maximum atomic E-state index is 10.1. The van der Waals surface area contributed by atoms with Crippen LogP contribution >= 0.6 is 0 Å². The summed E-state index contributed by atoms with van der Waals surface area (Å²) in [4.78, 5) is 0. The zero-order valence-corrected chi connectivity index (χ0v) is 9.39. The summed E-state index contributed by atoms with van der Waals surface area (Å²) in [6, 6.07) is 10.5. The van der Waals surface area contributed by atoms with Gasteiger partial charge in [0.15, 0.2) is 0 Å². The largest absolute Gasteiger partial charge is 0.392 e. The number of rotatable bonds is 1. The third kappa shape index (κ3) is 2.60. The van der Waals surface area contributed by atoms with Gasteiger partial charge in [0.05, 0.1) is 6.10 Å². The number of benzene rings is 1. The van der Waals surface area contributed by atoms with E-state index in [0.29, 0.717) is 5.92 Å². The number of hydrogen-bond donors (Lipinski definition) is 1. The Kier molecular flexibility index (Phi) is 3.42. The second kappa shape index (κ2) is 4.80. The predicted octanol–water partition coefficient (Wildman–Crippen LogP) is 3.34. The van der Waals surface area contributed by atoms with Gasteiger partial charge in [-0.05, 0) is 30.7 Å². The molecule has 1 aromatic rings. The lowest BCUT2D eigenvalue weighted by atomic mass is 9.89. The molecule has 1 fully saturated rings. The summed E-state index contributed by atoms with van der Waals surface area (Å²) in [5, 5.41) is 10.1. The Morgan fingerprint density at radius 2 is 1.67 bits per heavy atom. The summed E-state index contributed by atoms with van der Waals surface area (Å²) in [7, 11) is 0. The molecule has 1 aliphatic carbocycles. The van der Waals surface area contributed by atoms with E-state index in [2.05, 4.69) is 31.2 Å². The molecular formula is C14H20O. The molecule has 0 spiro atoms. The van der Waals surface area contributed by atoms with Gasteiger partial charge in [0.2, 0.25) is 0 Å². The van der Waals surface area contributed by atoms with Crippen LogP contribution in [0.15, 0.2) is 30.3 Å². The van der Waals surface area contributed by atoms with Crippen LogP contribution in [0.2, 0.25) is 0 Å². The van der Waals surface area contributed by atoms with E-state index in [1.807, 2.05) is 6.07 Å². The first-order chi connectivity index (χ1) is 7.27.